The van der Waals surface area contributed by atoms with Crippen LogP contribution in [-0.4, -0.2) is 42.2 Å². The van der Waals surface area contributed by atoms with E-state index < -0.39 is 41.3 Å². The van der Waals surface area contributed by atoms with Gasteiger partial charge in [0.15, 0.2) is 11.6 Å². The van der Waals surface area contributed by atoms with Crippen LogP contribution >= 0.6 is 0 Å². The summed E-state index contributed by atoms with van der Waals surface area (Å²) < 4.78 is 24.0. The Labute approximate surface area is 163 Å². The van der Waals surface area contributed by atoms with Crippen molar-refractivity contribution in [1.29, 1.82) is 0 Å². The summed E-state index contributed by atoms with van der Waals surface area (Å²) in [7, 11) is 1.37. The third-order valence-corrected chi connectivity index (χ3v) is 4.11. The summed E-state index contributed by atoms with van der Waals surface area (Å²) in [6.45, 7) is 6.80. The second kappa shape index (κ2) is 8.45. The predicted octanol–water partition coefficient (Wildman–Crippen LogP) is 2.30. The van der Waals surface area contributed by atoms with Crippen LogP contribution in [0.25, 0.3) is 0 Å². The Morgan fingerprint density at radius 2 is 2.04 bits per heavy atom. The average Bonchev–Trinajstić information content (AvgIpc) is 2.59. The number of nitrogens with zero attached hydrogens (tertiary/aromatic N) is 1. The Bertz CT molecular complexity index is 762. The van der Waals surface area contributed by atoms with Crippen LogP contribution in [0.5, 0.6) is 5.75 Å². The molecule has 1 heterocycles. The summed E-state index contributed by atoms with van der Waals surface area (Å²) in [5, 5.41) is 3.75. The van der Waals surface area contributed by atoms with Crippen LogP contribution in [0, 0.1) is 11.7 Å². The van der Waals surface area contributed by atoms with Gasteiger partial charge < -0.3 is 14.8 Å². The molecule has 0 radical (unpaired) electrons. The molecule has 0 aromatic heterocycles. The minimum absolute atomic E-state index is 0.0177. The minimum Gasteiger partial charge on any atom is -0.494 e. The predicted molar refractivity (Wildman–Crippen MR) is 98.7 cm³/mol. The van der Waals surface area contributed by atoms with Gasteiger partial charge in [-0.05, 0) is 45.4 Å². The molecule has 1 aromatic rings. The first-order chi connectivity index (χ1) is 13.0. The minimum atomic E-state index is -0.744. The highest BCUT2D eigenvalue weighted by molar-refractivity contribution is 5.89. The molecule has 0 spiro atoms. The normalized spacial score (nSPS) is 18.1. The molecule has 28 heavy (non-hydrogen) atoms. The van der Waals surface area contributed by atoms with E-state index in [0.717, 1.165) is 5.01 Å². The Hall–Kier alpha value is -2.84. The van der Waals surface area contributed by atoms with Crippen LogP contribution in [0.15, 0.2) is 18.2 Å². The Balaban J connectivity index is 2.03. The van der Waals surface area contributed by atoms with Crippen molar-refractivity contribution < 1.29 is 28.2 Å². The highest BCUT2D eigenvalue weighted by atomic mass is 19.1. The molecule has 2 N–H and O–H groups in total. The van der Waals surface area contributed by atoms with Gasteiger partial charge in [0.1, 0.15) is 5.60 Å². The number of halogens is 1. The van der Waals surface area contributed by atoms with E-state index in [1.807, 2.05) is 0 Å². The quantitative estimate of drug-likeness (QED) is 0.815. The smallest absolute Gasteiger partial charge is 0.429 e. The number of carbonyl (C=O) groups is 3. The summed E-state index contributed by atoms with van der Waals surface area (Å²) in [5.41, 5.74) is 2.22. The molecular formula is C19H26FN3O5. The maximum absolute atomic E-state index is 13.9. The highest BCUT2D eigenvalue weighted by Crippen LogP contribution is 2.23. The van der Waals surface area contributed by atoms with Crippen molar-refractivity contribution in [2.75, 3.05) is 13.7 Å². The number of hydrazine groups is 1. The number of nitrogens with one attached hydrogen (secondary N) is 2. The summed E-state index contributed by atoms with van der Waals surface area (Å²) in [6, 6.07) is 3.91. The standard InChI is InChI=1S/C19H26FN3O5/c1-11(12-6-7-15(27-5)14(20)8-12)21-17(25)13-9-16(24)22-23(10-13)18(26)28-19(2,3)4/h6-8,11,13H,9-10H2,1-5H3,(H,21,25)(H,22,24). The van der Waals surface area contributed by atoms with Crippen LogP contribution in [0.3, 0.4) is 0 Å². The highest BCUT2D eigenvalue weighted by Gasteiger charge is 2.35. The Kier molecular flexibility index (Phi) is 6.48. The third-order valence-electron chi connectivity index (χ3n) is 4.11. The van der Waals surface area contributed by atoms with E-state index in [-0.39, 0.29) is 18.7 Å². The number of benzene rings is 1. The molecule has 3 amide bonds. The van der Waals surface area contributed by atoms with E-state index >= 15 is 0 Å². The number of carbonyl (C=O) groups excluding carboxylic acids is 3. The molecule has 0 aliphatic carbocycles. The zero-order valence-electron chi connectivity index (χ0n) is 16.7. The molecule has 154 valence electrons. The molecule has 9 heteroatoms. The molecule has 1 aromatic carbocycles. The number of ether oxygens (including phenoxy) is 2. The number of amides is 3. The van der Waals surface area contributed by atoms with Crippen molar-refractivity contribution in [3.8, 4) is 5.75 Å². The van der Waals surface area contributed by atoms with Crippen molar-refractivity contribution in [3.63, 3.8) is 0 Å². The van der Waals surface area contributed by atoms with E-state index in [0.29, 0.717) is 5.56 Å². The fourth-order valence-electron chi connectivity index (χ4n) is 2.73. The van der Waals surface area contributed by atoms with Gasteiger partial charge in [-0.3, -0.25) is 15.0 Å². The van der Waals surface area contributed by atoms with Gasteiger partial charge in [0.25, 0.3) is 0 Å². The van der Waals surface area contributed by atoms with Crippen molar-refractivity contribution in [2.45, 2.75) is 45.8 Å². The average molecular weight is 395 g/mol. The molecule has 1 aliphatic rings. The molecule has 2 rings (SSSR count). The van der Waals surface area contributed by atoms with E-state index in [2.05, 4.69) is 10.7 Å². The van der Waals surface area contributed by atoms with Gasteiger partial charge in [-0.2, -0.15) is 0 Å². The van der Waals surface area contributed by atoms with E-state index in [1.165, 1.54) is 19.2 Å². The maximum Gasteiger partial charge on any atom is 0.429 e. The van der Waals surface area contributed by atoms with Gasteiger partial charge >= 0.3 is 6.09 Å². The topological polar surface area (TPSA) is 97.0 Å². The molecular weight excluding hydrogens is 369 g/mol. The van der Waals surface area contributed by atoms with Crippen LogP contribution in [0.1, 0.15) is 45.7 Å². The Morgan fingerprint density at radius 1 is 1.36 bits per heavy atom. The molecule has 8 nitrogen and oxygen atoms in total. The van der Waals surface area contributed by atoms with Gasteiger partial charge in [0, 0.05) is 6.42 Å². The second-order valence-electron chi connectivity index (χ2n) is 7.65. The summed E-state index contributed by atoms with van der Waals surface area (Å²) in [6.07, 6.45) is -0.793. The van der Waals surface area contributed by atoms with Crippen molar-refractivity contribution in [3.05, 3.63) is 29.6 Å². The first-order valence-electron chi connectivity index (χ1n) is 8.94. The van der Waals surface area contributed by atoms with Crippen molar-refractivity contribution >= 4 is 17.9 Å². The number of methoxy groups -OCH3 is 1. The largest absolute Gasteiger partial charge is 0.494 e. The lowest BCUT2D eigenvalue weighted by molar-refractivity contribution is -0.138. The van der Waals surface area contributed by atoms with Crippen LogP contribution in [-0.2, 0) is 14.3 Å². The van der Waals surface area contributed by atoms with Gasteiger partial charge in [0.05, 0.1) is 25.6 Å². The fraction of sp³-hybridized carbons (Fsp3) is 0.526. The van der Waals surface area contributed by atoms with Crippen LogP contribution < -0.4 is 15.5 Å². The number of hydrogen-bond donors (Lipinski definition) is 2. The lowest BCUT2D eigenvalue weighted by Gasteiger charge is -2.33. The second-order valence-corrected chi connectivity index (χ2v) is 7.65. The molecule has 0 saturated carbocycles. The van der Waals surface area contributed by atoms with Gasteiger partial charge in [0.2, 0.25) is 11.8 Å². The van der Waals surface area contributed by atoms with Crippen molar-refractivity contribution in [1.82, 2.24) is 15.8 Å². The molecule has 2 unspecified atom stereocenters. The lowest BCUT2D eigenvalue weighted by Crippen LogP contribution is -2.57. The Morgan fingerprint density at radius 3 is 2.61 bits per heavy atom. The zero-order valence-corrected chi connectivity index (χ0v) is 16.7. The first kappa shape index (κ1) is 21.5. The molecule has 1 saturated heterocycles. The number of rotatable bonds is 4. The van der Waals surface area contributed by atoms with Gasteiger partial charge in [-0.25, -0.2) is 14.2 Å². The van der Waals surface area contributed by atoms with Crippen molar-refractivity contribution in [2.24, 2.45) is 5.92 Å². The molecule has 0 bridgehead atoms. The molecule has 1 fully saturated rings. The van der Waals surface area contributed by atoms with Crippen LogP contribution in [0.2, 0.25) is 0 Å². The lowest BCUT2D eigenvalue weighted by atomic mass is 10.0. The SMILES string of the molecule is COc1ccc(C(C)NC(=O)C2CC(=O)NN(C(=O)OC(C)(C)C)C2)cc1F. The summed E-state index contributed by atoms with van der Waals surface area (Å²) in [5.74, 6) is -2.03. The third kappa shape index (κ3) is 5.58. The van der Waals surface area contributed by atoms with Gasteiger partial charge in [-0.1, -0.05) is 6.07 Å². The van der Waals surface area contributed by atoms with E-state index in [1.54, 1.807) is 33.8 Å². The summed E-state index contributed by atoms with van der Waals surface area (Å²) >= 11 is 0. The fourth-order valence-corrected chi connectivity index (χ4v) is 2.73. The monoisotopic (exact) mass is 395 g/mol. The van der Waals surface area contributed by atoms with E-state index in [4.69, 9.17) is 9.47 Å². The summed E-state index contributed by atoms with van der Waals surface area (Å²) in [4.78, 5) is 36.7. The molecule has 1 aliphatic heterocycles. The zero-order chi connectivity index (χ0) is 21.1. The van der Waals surface area contributed by atoms with Gasteiger partial charge in [-0.15, -0.1) is 0 Å². The maximum atomic E-state index is 13.9. The molecule has 2 atom stereocenters. The van der Waals surface area contributed by atoms with E-state index in [9.17, 15) is 18.8 Å². The van der Waals surface area contributed by atoms with Crippen LogP contribution in [0.4, 0.5) is 9.18 Å². The first-order valence-corrected chi connectivity index (χ1v) is 8.94. The number of hydrogen-bond acceptors (Lipinski definition) is 5.